The van der Waals surface area contributed by atoms with Crippen molar-refractivity contribution in [2.75, 3.05) is 17.2 Å². The van der Waals surface area contributed by atoms with E-state index in [1.165, 1.54) is 17.5 Å². The topological polar surface area (TPSA) is 123 Å². The largest absolute Gasteiger partial charge is 0.370 e. The average Bonchev–Trinajstić information content (AvgIpc) is 3.15. The Kier molecular flexibility index (Phi) is 5.49. The number of hydrogen-bond donors (Lipinski definition) is 3. The first-order valence-electron chi connectivity index (χ1n) is 7.78. The fourth-order valence-corrected chi connectivity index (χ4v) is 2.68. The highest BCUT2D eigenvalue weighted by molar-refractivity contribution is 7.13. The fraction of sp³-hybridized carbons (Fsp3) is 0.118. The van der Waals surface area contributed by atoms with E-state index in [-0.39, 0.29) is 5.91 Å². The van der Waals surface area contributed by atoms with Crippen LogP contribution in [0, 0.1) is 0 Å². The lowest BCUT2D eigenvalue weighted by Crippen LogP contribution is -2.13. The molecule has 0 radical (unpaired) electrons. The van der Waals surface area contributed by atoms with Gasteiger partial charge in [-0.2, -0.15) is 0 Å². The monoisotopic (exact) mass is 368 g/mol. The molecule has 2 aromatic heterocycles. The summed E-state index contributed by atoms with van der Waals surface area (Å²) in [5.74, 6) is -0.0727. The van der Waals surface area contributed by atoms with Crippen LogP contribution in [0.5, 0.6) is 0 Å². The first kappa shape index (κ1) is 17.5. The van der Waals surface area contributed by atoms with Crippen molar-refractivity contribution in [1.29, 1.82) is 0 Å². The lowest BCUT2D eigenvalue weighted by molar-refractivity contribution is 0.0997. The number of rotatable bonds is 7. The zero-order valence-electron chi connectivity index (χ0n) is 13.7. The molecular formula is C17H16N6O2S. The van der Waals surface area contributed by atoms with Gasteiger partial charge in [-0.15, -0.1) is 10.2 Å². The number of nitrogens with two attached hydrogens (primary N) is 1. The van der Waals surface area contributed by atoms with Crippen molar-refractivity contribution in [3.63, 3.8) is 0 Å². The molecule has 0 unspecified atom stereocenters. The van der Waals surface area contributed by atoms with E-state index < -0.39 is 5.91 Å². The van der Waals surface area contributed by atoms with Gasteiger partial charge in [-0.1, -0.05) is 23.5 Å². The molecule has 0 saturated heterocycles. The van der Waals surface area contributed by atoms with E-state index >= 15 is 0 Å². The van der Waals surface area contributed by atoms with Crippen molar-refractivity contribution in [3.8, 4) is 0 Å². The van der Waals surface area contributed by atoms with Gasteiger partial charge in [-0.05, 0) is 36.2 Å². The van der Waals surface area contributed by atoms with Gasteiger partial charge in [0.15, 0.2) is 0 Å². The van der Waals surface area contributed by atoms with Gasteiger partial charge in [0, 0.05) is 18.3 Å². The third-order valence-corrected chi connectivity index (χ3v) is 4.14. The Labute approximate surface area is 153 Å². The van der Waals surface area contributed by atoms with Crippen LogP contribution in [0.15, 0.2) is 48.1 Å². The second kappa shape index (κ2) is 8.17. The summed E-state index contributed by atoms with van der Waals surface area (Å²) in [4.78, 5) is 27.5. The number of nitrogens with one attached hydrogen (secondary N) is 2. The summed E-state index contributed by atoms with van der Waals surface area (Å²) >= 11 is 1.24. The summed E-state index contributed by atoms with van der Waals surface area (Å²) in [6.45, 7) is 0.630. The Morgan fingerprint density at radius 2 is 2.04 bits per heavy atom. The van der Waals surface area contributed by atoms with E-state index in [2.05, 4.69) is 25.8 Å². The minimum absolute atomic E-state index is 0.288. The number of carbonyl (C=O) groups excluding carboxylic acids is 2. The Balaban J connectivity index is 1.52. The molecule has 8 nitrogen and oxygen atoms in total. The summed E-state index contributed by atoms with van der Waals surface area (Å²) in [6.07, 6.45) is 2.20. The minimum atomic E-state index is -0.441. The number of nitrogens with zero attached hydrogens (tertiary/aromatic N) is 3. The Hall–Kier alpha value is -3.33. The Morgan fingerprint density at radius 1 is 1.15 bits per heavy atom. The molecule has 26 heavy (non-hydrogen) atoms. The molecule has 0 spiro atoms. The maximum absolute atomic E-state index is 12.0. The van der Waals surface area contributed by atoms with E-state index in [0.29, 0.717) is 35.0 Å². The summed E-state index contributed by atoms with van der Waals surface area (Å²) in [5.41, 5.74) is 8.75. The zero-order chi connectivity index (χ0) is 18.4. The zero-order valence-corrected chi connectivity index (χ0v) is 14.5. The molecule has 0 fully saturated rings. The fourth-order valence-electron chi connectivity index (χ4n) is 2.24. The van der Waals surface area contributed by atoms with Crippen LogP contribution in [0.3, 0.4) is 0 Å². The number of aromatic nitrogens is 3. The van der Waals surface area contributed by atoms with Crippen molar-refractivity contribution in [3.05, 3.63) is 64.8 Å². The SMILES string of the molecule is NC(=O)c1cccc(CCNc2ccc(C(=O)Nc3nncs3)cn2)c1. The molecular weight excluding hydrogens is 352 g/mol. The van der Waals surface area contributed by atoms with Gasteiger partial charge in [0.25, 0.3) is 5.91 Å². The van der Waals surface area contributed by atoms with Gasteiger partial charge < -0.3 is 11.1 Å². The highest BCUT2D eigenvalue weighted by Crippen LogP contribution is 2.12. The van der Waals surface area contributed by atoms with Gasteiger partial charge in [-0.3, -0.25) is 14.9 Å². The van der Waals surface area contributed by atoms with Gasteiger partial charge >= 0.3 is 0 Å². The van der Waals surface area contributed by atoms with Crippen LogP contribution in [-0.2, 0) is 6.42 Å². The molecule has 2 amide bonds. The normalized spacial score (nSPS) is 10.3. The number of hydrogen-bond acceptors (Lipinski definition) is 7. The van der Waals surface area contributed by atoms with Crippen LogP contribution in [0.25, 0.3) is 0 Å². The molecule has 1 aromatic carbocycles. The molecule has 4 N–H and O–H groups in total. The van der Waals surface area contributed by atoms with E-state index in [1.54, 1.807) is 35.8 Å². The van der Waals surface area contributed by atoms with E-state index in [0.717, 1.165) is 5.56 Å². The van der Waals surface area contributed by atoms with Crippen LogP contribution in [0.4, 0.5) is 10.9 Å². The van der Waals surface area contributed by atoms with Gasteiger partial charge in [0.1, 0.15) is 11.3 Å². The van der Waals surface area contributed by atoms with Crippen LogP contribution >= 0.6 is 11.3 Å². The quantitative estimate of drug-likeness (QED) is 0.586. The van der Waals surface area contributed by atoms with Crippen molar-refractivity contribution >= 4 is 34.1 Å². The summed E-state index contributed by atoms with van der Waals surface area (Å²) in [6, 6.07) is 10.6. The summed E-state index contributed by atoms with van der Waals surface area (Å²) in [5, 5.41) is 13.7. The number of primary amides is 1. The highest BCUT2D eigenvalue weighted by atomic mass is 32.1. The average molecular weight is 368 g/mol. The number of anilines is 2. The number of carbonyl (C=O) groups is 2. The number of amides is 2. The minimum Gasteiger partial charge on any atom is -0.370 e. The summed E-state index contributed by atoms with van der Waals surface area (Å²) < 4.78 is 0. The van der Waals surface area contributed by atoms with Gasteiger partial charge in [0.2, 0.25) is 11.0 Å². The van der Waals surface area contributed by atoms with Crippen molar-refractivity contribution in [2.24, 2.45) is 5.73 Å². The number of benzene rings is 1. The van der Waals surface area contributed by atoms with Crippen molar-refractivity contribution in [2.45, 2.75) is 6.42 Å². The lowest BCUT2D eigenvalue weighted by Gasteiger charge is -2.07. The van der Waals surface area contributed by atoms with E-state index in [4.69, 9.17) is 5.73 Å². The molecule has 3 rings (SSSR count). The predicted octanol–water partition coefficient (Wildman–Crippen LogP) is 1.94. The molecule has 3 aromatic rings. The second-order valence-corrected chi connectivity index (χ2v) is 6.20. The maximum Gasteiger partial charge on any atom is 0.259 e. The van der Waals surface area contributed by atoms with Crippen LogP contribution in [0.1, 0.15) is 26.3 Å². The highest BCUT2D eigenvalue weighted by Gasteiger charge is 2.08. The Morgan fingerprint density at radius 3 is 2.73 bits per heavy atom. The van der Waals surface area contributed by atoms with Crippen LogP contribution in [0.2, 0.25) is 0 Å². The van der Waals surface area contributed by atoms with Gasteiger partial charge in [0.05, 0.1) is 5.56 Å². The van der Waals surface area contributed by atoms with Crippen LogP contribution in [-0.4, -0.2) is 33.5 Å². The summed E-state index contributed by atoms with van der Waals surface area (Å²) in [7, 11) is 0. The lowest BCUT2D eigenvalue weighted by atomic mass is 10.1. The molecule has 9 heteroatoms. The molecule has 0 aliphatic carbocycles. The van der Waals surface area contributed by atoms with Crippen molar-refractivity contribution in [1.82, 2.24) is 15.2 Å². The molecule has 2 heterocycles. The molecule has 132 valence electrons. The third-order valence-electron chi connectivity index (χ3n) is 3.54. The van der Waals surface area contributed by atoms with E-state index in [1.807, 2.05) is 6.07 Å². The molecule has 0 saturated carbocycles. The maximum atomic E-state index is 12.0. The molecule has 0 aliphatic rings. The molecule has 0 atom stereocenters. The molecule has 0 aliphatic heterocycles. The first-order chi connectivity index (χ1) is 12.6. The van der Waals surface area contributed by atoms with Gasteiger partial charge in [-0.25, -0.2) is 4.98 Å². The first-order valence-corrected chi connectivity index (χ1v) is 8.66. The Bertz CT molecular complexity index is 896. The van der Waals surface area contributed by atoms with Crippen LogP contribution < -0.4 is 16.4 Å². The van der Waals surface area contributed by atoms with Crippen molar-refractivity contribution < 1.29 is 9.59 Å². The molecule has 0 bridgehead atoms. The predicted molar refractivity (Wildman–Crippen MR) is 99.3 cm³/mol. The smallest absolute Gasteiger partial charge is 0.259 e. The standard InChI is InChI=1S/C17H16N6O2S/c18-15(24)12-3-1-2-11(8-12)6-7-19-14-5-4-13(9-20-14)16(25)22-17-23-21-10-26-17/h1-5,8-10H,6-7H2,(H2,18,24)(H,19,20)(H,22,23,25). The third kappa shape index (κ3) is 4.61. The van der Waals surface area contributed by atoms with E-state index in [9.17, 15) is 9.59 Å². The second-order valence-electron chi connectivity index (χ2n) is 5.37. The number of pyridine rings is 1.